The lowest BCUT2D eigenvalue weighted by Crippen LogP contribution is -2.02. The van der Waals surface area contributed by atoms with Crippen molar-refractivity contribution in [2.45, 2.75) is 13.8 Å². The Morgan fingerprint density at radius 2 is 1.85 bits per heavy atom. The standard InChI is InChI=1S/C17H17ClN2/c1-4-13-10-12(3)6-8-15(13)20-16-9-7-14(18)11-17(16)19-5-2/h1,6-11,19-20H,5H2,2-3H3. The van der Waals surface area contributed by atoms with Crippen LogP contribution in [0.15, 0.2) is 36.4 Å². The van der Waals surface area contributed by atoms with Gasteiger partial charge in [-0.25, -0.2) is 0 Å². The van der Waals surface area contributed by atoms with Crippen LogP contribution < -0.4 is 10.6 Å². The van der Waals surface area contributed by atoms with Gasteiger partial charge in [0.2, 0.25) is 0 Å². The van der Waals surface area contributed by atoms with E-state index >= 15 is 0 Å². The van der Waals surface area contributed by atoms with Crippen LogP contribution >= 0.6 is 11.6 Å². The molecular formula is C17H17ClN2. The summed E-state index contributed by atoms with van der Waals surface area (Å²) >= 11 is 6.03. The maximum Gasteiger partial charge on any atom is 0.0621 e. The summed E-state index contributed by atoms with van der Waals surface area (Å²) in [5.41, 5.74) is 4.83. The summed E-state index contributed by atoms with van der Waals surface area (Å²) in [5, 5.41) is 7.36. The van der Waals surface area contributed by atoms with E-state index in [-0.39, 0.29) is 0 Å². The summed E-state index contributed by atoms with van der Waals surface area (Å²) in [5.74, 6) is 2.71. The fraction of sp³-hybridized carbons (Fsp3) is 0.176. The summed E-state index contributed by atoms with van der Waals surface area (Å²) in [6.45, 7) is 4.89. The van der Waals surface area contributed by atoms with E-state index < -0.39 is 0 Å². The molecule has 0 aliphatic rings. The minimum atomic E-state index is 0.701. The Morgan fingerprint density at radius 1 is 1.10 bits per heavy atom. The third-order valence-corrected chi connectivity index (χ3v) is 3.18. The zero-order valence-corrected chi connectivity index (χ0v) is 12.4. The summed E-state index contributed by atoms with van der Waals surface area (Å²) < 4.78 is 0. The highest BCUT2D eigenvalue weighted by atomic mass is 35.5. The number of hydrogen-bond donors (Lipinski definition) is 2. The molecule has 0 aromatic heterocycles. The van der Waals surface area contributed by atoms with Crippen LogP contribution in [-0.4, -0.2) is 6.54 Å². The molecule has 0 atom stereocenters. The molecule has 2 aromatic rings. The number of rotatable bonds is 4. The van der Waals surface area contributed by atoms with Crippen molar-refractivity contribution in [3.8, 4) is 12.3 Å². The Hall–Kier alpha value is -2.11. The van der Waals surface area contributed by atoms with E-state index in [0.29, 0.717) is 5.02 Å². The Bertz CT molecular complexity index is 657. The van der Waals surface area contributed by atoms with E-state index in [1.165, 1.54) is 0 Å². The highest BCUT2D eigenvalue weighted by Crippen LogP contribution is 2.30. The number of terminal acetylenes is 1. The first-order chi connectivity index (χ1) is 9.63. The van der Waals surface area contributed by atoms with Crippen molar-refractivity contribution in [1.82, 2.24) is 0 Å². The minimum Gasteiger partial charge on any atom is -0.384 e. The Kier molecular flexibility index (Phi) is 4.55. The number of benzene rings is 2. The van der Waals surface area contributed by atoms with Crippen molar-refractivity contribution in [2.24, 2.45) is 0 Å². The molecule has 0 bridgehead atoms. The predicted octanol–water partition coefficient (Wildman–Crippen LogP) is 4.81. The molecule has 2 N–H and O–H groups in total. The molecule has 0 radical (unpaired) electrons. The van der Waals surface area contributed by atoms with Crippen LogP contribution in [0.1, 0.15) is 18.1 Å². The fourth-order valence-electron chi connectivity index (χ4n) is 1.99. The van der Waals surface area contributed by atoms with Gasteiger partial charge in [-0.2, -0.15) is 0 Å². The van der Waals surface area contributed by atoms with Gasteiger partial charge in [-0.1, -0.05) is 23.6 Å². The third-order valence-electron chi connectivity index (χ3n) is 2.95. The zero-order chi connectivity index (χ0) is 14.5. The summed E-state index contributed by atoms with van der Waals surface area (Å²) in [6, 6.07) is 11.7. The normalized spacial score (nSPS) is 9.90. The lowest BCUT2D eigenvalue weighted by Gasteiger charge is -2.15. The fourth-order valence-corrected chi connectivity index (χ4v) is 2.17. The van der Waals surface area contributed by atoms with Crippen LogP contribution in [0.2, 0.25) is 5.02 Å². The van der Waals surface area contributed by atoms with Crippen molar-refractivity contribution in [3.05, 3.63) is 52.5 Å². The van der Waals surface area contributed by atoms with Gasteiger partial charge in [0, 0.05) is 17.1 Å². The highest BCUT2D eigenvalue weighted by Gasteiger charge is 2.06. The van der Waals surface area contributed by atoms with Crippen molar-refractivity contribution < 1.29 is 0 Å². The SMILES string of the molecule is C#Cc1cc(C)ccc1Nc1ccc(Cl)cc1NCC. The Morgan fingerprint density at radius 3 is 2.55 bits per heavy atom. The van der Waals surface area contributed by atoms with Crippen LogP contribution in [0.5, 0.6) is 0 Å². The molecular weight excluding hydrogens is 268 g/mol. The molecule has 0 saturated carbocycles. The molecule has 0 fully saturated rings. The molecule has 0 unspecified atom stereocenters. The van der Waals surface area contributed by atoms with Gasteiger partial charge >= 0.3 is 0 Å². The molecule has 0 spiro atoms. The summed E-state index contributed by atoms with van der Waals surface area (Å²) in [7, 11) is 0. The average molecular weight is 285 g/mol. The molecule has 0 heterocycles. The molecule has 3 heteroatoms. The first-order valence-corrected chi connectivity index (χ1v) is 6.89. The van der Waals surface area contributed by atoms with E-state index in [1.807, 2.05) is 50.2 Å². The number of aryl methyl sites for hydroxylation is 1. The Balaban J connectivity index is 2.37. The predicted molar refractivity (Wildman–Crippen MR) is 88.0 cm³/mol. The van der Waals surface area contributed by atoms with E-state index in [4.69, 9.17) is 18.0 Å². The second kappa shape index (κ2) is 6.36. The second-order valence-electron chi connectivity index (χ2n) is 4.54. The monoisotopic (exact) mass is 284 g/mol. The van der Waals surface area contributed by atoms with Crippen LogP contribution in [0, 0.1) is 19.3 Å². The first kappa shape index (κ1) is 14.3. The largest absolute Gasteiger partial charge is 0.384 e. The molecule has 0 amide bonds. The molecule has 0 saturated heterocycles. The van der Waals surface area contributed by atoms with E-state index in [0.717, 1.165) is 34.7 Å². The highest BCUT2D eigenvalue weighted by molar-refractivity contribution is 6.31. The molecule has 20 heavy (non-hydrogen) atoms. The van der Waals surface area contributed by atoms with Gasteiger partial charge in [-0.3, -0.25) is 0 Å². The van der Waals surface area contributed by atoms with Crippen molar-refractivity contribution in [1.29, 1.82) is 0 Å². The molecule has 2 rings (SSSR count). The lowest BCUT2D eigenvalue weighted by atomic mass is 10.1. The quantitative estimate of drug-likeness (QED) is 0.788. The minimum absolute atomic E-state index is 0.701. The molecule has 2 nitrogen and oxygen atoms in total. The molecule has 0 aliphatic heterocycles. The topological polar surface area (TPSA) is 24.1 Å². The molecule has 0 aliphatic carbocycles. The van der Waals surface area contributed by atoms with Crippen LogP contribution in [0.25, 0.3) is 0 Å². The van der Waals surface area contributed by atoms with Crippen LogP contribution in [-0.2, 0) is 0 Å². The average Bonchev–Trinajstić information content (AvgIpc) is 2.43. The summed E-state index contributed by atoms with van der Waals surface area (Å²) in [4.78, 5) is 0. The van der Waals surface area contributed by atoms with Gasteiger partial charge < -0.3 is 10.6 Å². The smallest absolute Gasteiger partial charge is 0.0621 e. The second-order valence-corrected chi connectivity index (χ2v) is 4.98. The third kappa shape index (κ3) is 3.26. The number of hydrogen-bond acceptors (Lipinski definition) is 2. The van der Waals surface area contributed by atoms with Crippen molar-refractivity contribution in [3.63, 3.8) is 0 Å². The maximum atomic E-state index is 6.03. The maximum absolute atomic E-state index is 6.03. The van der Waals surface area contributed by atoms with Gasteiger partial charge in [0.25, 0.3) is 0 Å². The van der Waals surface area contributed by atoms with Crippen molar-refractivity contribution >= 4 is 28.7 Å². The summed E-state index contributed by atoms with van der Waals surface area (Å²) in [6.07, 6.45) is 5.57. The van der Waals surface area contributed by atoms with Gasteiger partial charge in [-0.05, 0) is 49.7 Å². The van der Waals surface area contributed by atoms with Gasteiger partial charge in [0.1, 0.15) is 0 Å². The molecule has 2 aromatic carbocycles. The number of halogens is 1. The van der Waals surface area contributed by atoms with Crippen LogP contribution in [0.4, 0.5) is 17.1 Å². The lowest BCUT2D eigenvalue weighted by molar-refractivity contribution is 1.21. The number of nitrogens with one attached hydrogen (secondary N) is 2. The number of anilines is 3. The van der Waals surface area contributed by atoms with Gasteiger partial charge in [0.05, 0.1) is 17.1 Å². The van der Waals surface area contributed by atoms with Crippen LogP contribution in [0.3, 0.4) is 0 Å². The van der Waals surface area contributed by atoms with Gasteiger partial charge in [-0.15, -0.1) is 6.42 Å². The van der Waals surface area contributed by atoms with E-state index in [9.17, 15) is 0 Å². The zero-order valence-electron chi connectivity index (χ0n) is 11.6. The Labute approximate surface area is 125 Å². The van der Waals surface area contributed by atoms with Gasteiger partial charge in [0.15, 0.2) is 0 Å². The van der Waals surface area contributed by atoms with E-state index in [1.54, 1.807) is 0 Å². The van der Waals surface area contributed by atoms with Crippen molar-refractivity contribution in [2.75, 3.05) is 17.2 Å². The van der Waals surface area contributed by atoms with E-state index in [2.05, 4.69) is 16.6 Å². The first-order valence-electron chi connectivity index (χ1n) is 6.51. The molecule has 102 valence electrons.